The number of nitrogens with zero attached hydrogens (tertiary/aromatic N) is 6. The van der Waals surface area contributed by atoms with Crippen LogP contribution in [0, 0.1) is 0 Å². The van der Waals surface area contributed by atoms with Crippen LogP contribution >= 0.6 is 0 Å². The second kappa shape index (κ2) is 13.4. The van der Waals surface area contributed by atoms with E-state index in [1.54, 1.807) is 19.0 Å². The Kier molecular flexibility index (Phi) is 9.39. The third-order valence-electron chi connectivity index (χ3n) is 7.41. The molecule has 1 aliphatic heterocycles. The molecule has 0 bridgehead atoms. The van der Waals surface area contributed by atoms with E-state index in [4.69, 9.17) is 20.2 Å². The normalized spacial score (nSPS) is 16.6. The lowest BCUT2D eigenvalue weighted by molar-refractivity contribution is -0.0197. The average molecular weight is 589 g/mol. The number of benzene rings is 2. The van der Waals surface area contributed by atoms with Gasteiger partial charge in [0.2, 0.25) is 5.95 Å². The van der Waals surface area contributed by atoms with Gasteiger partial charge in [-0.15, -0.1) is 0 Å². The number of carbonyl (C=O) groups is 1. The van der Waals surface area contributed by atoms with E-state index in [1.807, 2.05) is 61.1 Å². The number of aliphatic hydroxyl groups is 1. The van der Waals surface area contributed by atoms with Crippen LogP contribution in [0.3, 0.4) is 0 Å². The Labute approximate surface area is 251 Å². The molecule has 0 saturated carbocycles. The van der Waals surface area contributed by atoms with Crippen molar-refractivity contribution in [1.29, 1.82) is 0 Å². The Bertz CT molecular complexity index is 1570. The van der Waals surface area contributed by atoms with Crippen LogP contribution in [-0.4, -0.2) is 94.4 Å². The summed E-state index contributed by atoms with van der Waals surface area (Å²) in [6.07, 6.45) is 3.16. The van der Waals surface area contributed by atoms with Gasteiger partial charge in [0.25, 0.3) is 5.91 Å². The highest BCUT2D eigenvalue weighted by Crippen LogP contribution is 2.35. The number of rotatable bonds is 12. The highest BCUT2D eigenvalue weighted by atomic mass is 16.5. The second-order valence-electron chi connectivity index (χ2n) is 11.2. The lowest BCUT2D eigenvalue weighted by Crippen LogP contribution is -2.21. The van der Waals surface area contributed by atoms with Crippen LogP contribution in [0.25, 0.3) is 22.3 Å². The third kappa shape index (κ3) is 6.87. The Morgan fingerprint density at radius 2 is 2.00 bits per heavy atom. The van der Waals surface area contributed by atoms with Crippen molar-refractivity contribution in [2.24, 2.45) is 0 Å². The number of aliphatic hydroxyl groups excluding tert-OH is 1. The lowest BCUT2D eigenvalue weighted by atomic mass is 10.00. The summed E-state index contributed by atoms with van der Waals surface area (Å²) in [7, 11) is 7.57. The van der Waals surface area contributed by atoms with E-state index in [9.17, 15) is 9.90 Å². The molecule has 12 nitrogen and oxygen atoms in total. The quantitative estimate of drug-likeness (QED) is 0.211. The zero-order valence-corrected chi connectivity index (χ0v) is 25.2. The molecule has 12 heteroatoms. The van der Waals surface area contributed by atoms with Gasteiger partial charge in [-0.05, 0) is 62.7 Å². The number of hydrogen-bond acceptors (Lipinski definition) is 10. The van der Waals surface area contributed by atoms with Crippen molar-refractivity contribution in [3.8, 4) is 16.9 Å². The van der Waals surface area contributed by atoms with Crippen molar-refractivity contribution in [1.82, 2.24) is 29.3 Å². The molecule has 1 saturated heterocycles. The van der Waals surface area contributed by atoms with Crippen LogP contribution in [0.15, 0.2) is 48.8 Å². The minimum absolute atomic E-state index is 0.0428. The summed E-state index contributed by atoms with van der Waals surface area (Å²) in [6.45, 7) is 1.86. The van der Waals surface area contributed by atoms with Crippen molar-refractivity contribution < 1.29 is 19.4 Å². The van der Waals surface area contributed by atoms with E-state index in [0.29, 0.717) is 42.2 Å². The number of fused-ring (bicyclic) bond motifs is 1. The zero-order valence-electron chi connectivity index (χ0n) is 25.2. The fourth-order valence-electron chi connectivity index (χ4n) is 5.19. The first-order valence-corrected chi connectivity index (χ1v) is 14.5. The van der Waals surface area contributed by atoms with E-state index in [-0.39, 0.29) is 30.7 Å². The van der Waals surface area contributed by atoms with E-state index in [2.05, 4.69) is 20.2 Å². The fraction of sp³-hybridized carbons (Fsp3) is 0.419. The van der Waals surface area contributed by atoms with Crippen molar-refractivity contribution in [3.63, 3.8) is 0 Å². The number of hydrogen-bond donors (Lipinski definition) is 3. The maximum atomic E-state index is 12.6. The van der Waals surface area contributed by atoms with Gasteiger partial charge in [0.05, 0.1) is 19.3 Å². The molecule has 0 aliphatic carbocycles. The predicted molar refractivity (Wildman–Crippen MR) is 166 cm³/mol. The topological polar surface area (TPSA) is 144 Å². The number of nitrogens with one attached hydrogen (secondary N) is 1. The molecule has 2 aromatic carbocycles. The first kappa shape index (κ1) is 30.2. The molecule has 228 valence electrons. The summed E-state index contributed by atoms with van der Waals surface area (Å²) in [5.74, 6) is 1.52. The first-order chi connectivity index (χ1) is 20.7. The largest absolute Gasteiger partial charge is 0.493 e. The summed E-state index contributed by atoms with van der Waals surface area (Å²) >= 11 is 0. The molecule has 2 aromatic heterocycles. The number of aromatic nitrogens is 4. The number of anilines is 2. The maximum absolute atomic E-state index is 12.6. The van der Waals surface area contributed by atoms with Gasteiger partial charge in [-0.3, -0.25) is 9.36 Å². The van der Waals surface area contributed by atoms with Gasteiger partial charge in [-0.25, -0.2) is 15.0 Å². The van der Waals surface area contributed by atoms with E-state index in [1.165, 1.54) is 6.33 Å². The van der Waals surface area contributed by atoms with Gasteiger partial charge >= 0.3 is 0 Å². The molecule has 1 fully saturated rings. The summed E-state index contributed by atoms with van der Waals surface area (Å²) in [4.78, 5) is 29.6. The fourth-order valence-corrected chi connectivity index (χ4v) is 5.19. The van der Waals surface area contributed by atoms with Gasteiger partial charge in [0.15, 0.2) is 17.0 Å². The van der Waals surface area contributed by atoms with Gasteiger partial charge < -0.3 is 35.4 Å². The van der Waals surface area contributed by atoms with Crippen molar-refractivity contribution in [2.75, 3.05) is 59.0 Å². The van der Waals surface area contributed by atoms with Gasteiger partial charge in [0.1, 0.15) is 18.3 Å². The number of nitrogens with two attached hydrogens (primary N) is 1. The summed E-state index contributed by atoms with van der Waals surface area (Å²) in [5.41, 5.74) is 10.6. The smallest absolute Gasteiger partial charge is 0.253 e. The van der Waals surface area contributed by atoms with Crippen LogP contribution in [0.1, 0.15) is 41.4 Å². The predicted octanol–water partition coefficient (Wildman–Crippen LogP) is 3.39. The summed E-state index contributed by atoms with van der Waals surface area (Å²) in [6, 6.07) is 13.7. The van der Waals surface area contributed by atoms with E-state index in [0.717, 1.165) is 41.8 Å². The Morgan fingerprint density at radius 3 is 2.74 bits per heavy atom. The monoisotopic (exact) mass is 588 g/mol. The van der Waals surface area contributed by atoms with Crippen molar-refractivity contribution in [2.45, 2.75) is 38.1 Å². The summed E-state index contributed by atoms with van der Waals surface area (Å²) < 4.78 is 14.3. The number of carbonyl (C=O) groups excluding carboxylic acids is 1. The van der Waals surface area contributed by atoms with Crippen LogP contribution in [0.5, 0.6) is 5.75 Å². The molecule has 43 heavy (non-hydrogen) atoms. The number of imidazole rings is 1. The van der Waals surface area contributed by atoms with Gasteiger partial charge in [-0.2, -0.15) is 0 Å². The minimum atomic E-state index is -0.339. The lowest BCUT2D eigenvalue weighted by Gasteiger charge is -2.18. The molecule has 4 aromatic rings. The van der Waals surface area contributed by atoms with Gasteiger partial charge in [0, 0.05) is 38.3 Å². The highest BCUT2D eigenvalue weighted by molar-refractivity contribution is 5.95. The molecular weight excluding hydrogens is 548 g/mol. The SMILES string of the molecule is CN(C)CCCOc1cc(CNc2nc3c(N)ncnc3n2[C@H]2CC[C@@H](CO)O2)ccc1-c1cccc(C(=O)N(C)C)c1. The minimum Gasteiger partial charge on any atom is -0.493 e. The van der Waals surface area contributed by atoms with Crippen LogP contribution in [0.4, 0.5) is 11.8 Å². The molecule has 1 aliphatic rings. The molecule has 3 heterocycles. The first-order valence-electron chi connectivity index (χ1n) is 14.5. The number of nitrogen functional groups attached to an aromatic ring is 1. The maximum Gasteiger partial charge on any atom is 0.253 e. The average Bonchev–Trinajstić information content (AvgIpc) is 3.63. The number of amides is 1. The molecule has 2 atom stereocenters. The van der Waals surface area contributed by atoms with Crippen LogP contribution in [-0.2, 0) is 11.3 Å². The van der Waals surface area contributed by atoms with Crippen molar-refractivity contribution in [3.05, 3.63) is 59.9 Å². The summed E-state index contributed by atoms with van der Waals surface area (Å²) in [5, 5.41) is 13.1. The Morgan fingerprint density at radius 1 is 1.16 bits per heavy atom. The Hall–Kier alpha value is -4.26. The standard InChI is InChI=1S/C31H40N8O4/c1-37(2)13-6-14-42-25-15-20(9-11-24(25)21-7-5-8-22(16-21)30(41)38(3)4)17-33-31-36-27-28(32)34-19-35-29(27)39(31)26-12-10-23(18-40)43-26/h5,7-9,11,15-16,19,23,26,40H,6,10,12-14,17-18H2,1-4H3,(H,33,36)(H2,32,34,35)/t23-,26+/m0/s1. The second-order valence-corrected chi connectivity index (χ2v) is 11.2. The van der Waals surface area contributed by atoms with Gasteiger partial charge in [-0.1, -0.05) is 24.3 Å². The zero-order chi connectivity index (χ0) is 30.5. The molecule has 4 N–H and O–H groups in total. The van der Waals surface area contributed by atoms with E-state index >= 15 is 0 Å². The third-order valence-corrected chi connectivity index (χ3v) is 7.41. The number of ether oxygens (including phenoxy) is 2. The molecule has 0 spiro atoms. The molecular formula is C31H40N8O4. The Balaban J connectivity index is 1.43. The molecule has 0 radical (unpaired) electrons. The van der Waals surface area contributed by atoms with Crippen LogP contribution < -0.4 is 15.8 Å². The van der Waals surface area contributed by atoms with E-state index < -0.39 is 0 Å². The molecule has 5 rings (SSSR count). The van der Waals surface area contributed by atoms with Crippen LogP contribution in [0.2, 0.25) is 0 Å². The molecule has 0 unspecified atom stereocenters. The van der Waals surface area contributed by atoms with Crippen molar-refractivity contribution >= 4 is 28.8 Å². The molecule has 1 amide bonds. The highest BCUT2D eigenvalue weighted by Gasteiger charge is 2.30.